The van der Waals surface area contributed by atoms with Gasteiger partial charge >= 0.3 is 6.03 Å². The largest absolute Gasteiger partial charge is 0.326 e. The Morgan fingerprint density at radius 2 is 1.50 bits per heavy atom. The Morgan fingerprint density at radius 1 is 0.909 bits per heavy atom. The van der Waals surface area contributed by atoms with Crippen molar-refractivity contribution in [3.8, 4) is 0 Å². The molecule has 0 radical (unpaired) electrons. The van der Waals surface area contributed by atoms with Crippen LogP contribution in [0.3, 0.4) is 0 Å². The fourth-order valence-corrected chi connectivity index (χ4v) is 2.13. The molecule has 2 aromatic carbocycles. The minimum atomic E-state index is -0.391. The highest BCUT2D eigenvalue weighted by Gasteiger charge is 2.06. The first-order chi connectivity index (χ1) is 10.4. The van der Waals surface area contributed by atoms with E-state index in [-0.39, 0.29) is 5.91 Å². The van der Waals surface area contributed by atoms with Gasteiger partial charge in [0.15, 0.2) is 0 Å². The van der Waals surface area contributed by atoms with Crippen LogP contribution in [0.2, 0.25) is 5.02 Å². The maximum atomic E-state index is 11.9. The zero-order valence-corrected chi connectivity index (χ0v) is 13.0. The molecule has 0 unspecified atom stereocenters. The van der Waals surface area contributed by atoms with Crippen LogP contribution in [0.15, 0.2) is 42.5 Å². The van der Waals surface area contributed by atoms with Crippen molar-refractivity contribution in [2.45, 2.75) is 13.8 Å². The molecule has 3 amide bonds. The number of hydrogen-bond acceptors (Lipinski definition) is 2. The maximum Gasteiger partial charge on any atom is 0.323 e. The van der Waals surface area contributed by atoms with Crippen molar-refractivity contribution in [1.82, 2.24) is 0 Å². The number of anilines is 3. The van der Waals surface area contributed by atoms with E-state index >= 15 is 0 Å². The van der Waals surface area contributed by atoms with Gasteiger partial charge in [-0.1, -0.05) is 17.7 Å². The molecule has 22 heavy (non-hydrogen) atoms. The topological polar surface area (TPSA) is 70.2 Å². The number of hydrogen-bond donors (Lipinski definition) is 3. The van der Waals surface area contributed by atoms with E-state index in [0.29, 0.717) is 22.1 Å². The molecule has 2 aromatic rings. The molecule has 0 aliphatic carbocycles. The summed E-state index contributed by atoms with van der Waals surface area (Å²) < 4.78 is 0. The molecule has 0 heterocycles. The lowest BCUT2D eigenvalue weighted by Gasteiger charge is -2.10. The molecule has 3 N–H and O–H groups in total. The van der Waals surface area contributed by atoms with Crippen LogP contribution in [0.4, 0.5) is 21.9 Å². The zero-order valence-electron chi connectivity index (χ0n) is 12.2. The first kappa shape index (κ1) is 15.9. The Labute approximate surface area is 133 Å². The lowest BCUT2D eigenvalue weighted by atomic mass is 10.2. The van der Waals surface area contributed by atoms with Gasteiger partial charge in [-0.05, 0) is 48.9 Å². The molecule has 0 bridgehead atoms. The van der Waals surface area contributed by atoms with E-state index in [4.69, 9.17) is 11.6 Å². The minimum Gasteiger partial charge on any atom is -0.326 e. The van der Waals surface area contributed by atoms with Crippen molar-refractivity contribution in [2.24, 2.45) is 0 Å². The predicted octanol–water partition coefficient (Wildman–Crippen LogP) is 4.25. The van der Waals surface area contributed by atoms with Gasteiger partial charge in [0, 0.05) is 18.3 Å². The van der Waals surface area contributed by atoms with Crippen LogP contribution < -0.4 is 16.0 Å². The number of benzene rings is 2. The molecule has 0 fully saturated rings. The molecule has 5 nitrogen and oxygen atoms in total. The summed E-state index contributed by atoms with van der Waals surface area (Å²) in [4.78, 5) is 22.9. The highest BCUT2D eigenvalue weighted by molar-refractivity contribution is 6.33. The third-order valence-electron chi connectivity index (χ3n) is 2.84. The van der Waals surface area contributed by atoms with Crippen molar-refractivity contribution in [3.63, 3.8) is 0 Å². The number of nitrogens with one attached hydrogen (secondary N) is 3. The van der Waals surface area contributed by atoms with Crippen LogP contribution in [-0.4, -0.2) is 11.9 Å². The SMILES string of the molecule is CC(=O)Nc1ccc(NC(=O)Nc2ccc(C)cc2Cl)cc1. The third kappa shape index (κ3) is 4.49. The fraction of sp³-hybridized carbons (Fsp3) is 0.125. The fourth-order valence-electron chi connectivity index (χ4n) is 1.85. The van der Waals surface area contributed by atoms with Gasteiger partial charge in [0.05, 0.1) is 10.7 Å². The monoisotopic (exact) mass is 317 g/mol. The van der Waals surface area contributed by atoms with E-state index in [0.717, 1.165) is 5.56 Å². The minimum absolute atomic E-state index is 0.146. The molecule has 114 valence electrons. The van der Waals surface area contributed by atoms with Gasteiger partial charge in [0.25, 0.3) is 0 Å². The first-order valence-electron chi connectivity index (χ1n) is 6.66. The molecule has 0 spiro atoms. The van der Waals surface area contributed by atoms with Gasteiger partial charge in [-0.15, -0.1) is 0 Å². The Morgan fingerprint density at radius 3 is 2.05 bits per heavy atom. The average molecular weight is 318 g/mol. The van der Waals surface area contributed by atoms with E-state index in [9.17, 15) is 9.59 Å². The van der Waals surface area contributed by atoms with E-state index in [1.54, 1.807) is 36.4 Å². The summed E-state index contributed by atoms with van der Waals surface area (Å²) >= 11 is 6.06. The second kappa shape index (κ2) is 6.95. The lowest BCUT2D eigenvalue weighted by Crippen LogP contribution is -2.19. The van der Waals surface area contributed by atoms with Gasteiger partial charge in [-0.3, -0.25) is 4.79 Å². The standard InChI is InChI=1S/C16H16ClN3O2/c1-10-3-8-15(14(17)9-10)20-16(22)19-13-6-4-12(5-7-13)18-11(2)21/h3-9H,1-2H3,(H,18,21)(H2,19,20,22). The molecular weight excluding hydrogens is 302 g/mol. The van der Waals surface area contributed by atoms with Gasteiger partial charge in [0.2, 0.25) is 5.91 Å². The molecular formula is C16H16ClN3O2. The summed E-state index contributed by atoms with van der Waals surface area (Å²) in [6.45, 7) is 3.36. The number of urea groups is 1. The van der Waals surface area contributed by atoms with E-state index < -0.39 is 6.03 Å². The number of amides is 3. The van der Waals surface area contributed by atoms with E-state index in [2.05, 4.69) is 16.0 Å². The number of halogens is 1. The van der Waals surface area contributed by atoms with Crippen LogP contribution in [-0.2, 0) is 4.79 Å². The average Bonchev–Trinajstić information content (AvgIpc) is 2.43. The number of rotatable bonds is 3. The first-order valence-corrected chi connectivity index (χ1v) is 7.03. The Kier molecular flexibility index (Phi) is 5.01. The molecule has 0 atom stereocenters. The zero-order chi connectivity index (χ0) is 16.1. The van der Waals surface area contributed by atoms with Crippen molar-refractivity contribution >= 4 is 40.6 Å². The van der Waals surface area contributed by atoms with Crippen LogP contribution in [0.1, 0.15) is 12.5 Å². The predicted molar refractivity (Wildman–Crippen MR) is 89.6 cm³/mol. The van der Waals surface area contributed by atoms with Gasteiger partial charge in [-0.25, -0.2) is 4.79 Å². The molecule has 0 saturated heterocycles. The van der Waals surface area contributed by atoms with Crippen LogP contribution in [0.25, 0.3) is 0 Å². The number of aryl methyl sites for hydroxylation is 1. The van der Waals surface area contributed by atoms with E-state index in [1.165, 1.54) is 6.92 Å². The van der Waals surface area contributed by atoms with Gasteiger partial charge in [-0.2, -0.15) is 0 Å². The van der Waals surface area contributed by atoms with Crippen molar-refractivity contribution in [2.75, 3.05) is 16.0 Å². The van der Waals surface area contributed by atoms with Crippen LogP contribution in [0.5, 0.6) is 0 Å². The highest BCUT2D eigenvalue weighted by Crippen LogP contribution is 2.23. The van der Waals surface area contributed by atoms with Gasteiger partial charge in [0.1, 0.15) is 0 Å². The smallest absolute Gasteiger partial charge is 0.323 e. The summed E-state index contributed by atoms with van der Waals surface area (Å²) in [6, 6.07) is 11.8. The number of carbonyl (C=O) groups is 2. The second-order valence-corrected chi connectivity index (χ2v) is 5.23. The maximum absolute atomic E-state index is 11.9. The molecule has 0 aromatic heterocycles. The van der Waals surface area contributed by atoms with Crippen LogP contribution in [0, 0.1) is 6.92 Å². The lowest BCUT2D eigenvalue weighted by molar-refractivity contribution is -0.114. The quantitative estimate of drug-likeness (QED) is 0.792. The summed E-state index contributed by atoms with van der Waals surface area (Å²) in [6.07, 6.45) is 0. The summed E-state index contributed by atoms with van der Waals surface area (Å²) in [5.41, 5.74) is 2.83. The van der Waals surface area contributed by atoms with E-state index in [1.807, 2.05) is 13.0 Å². The molecule has 6 heteroatoms. The second-order valence-electron chi connectivity index (χ2n) is 4.82. The van der Waals surface area contributed by atoms with Crippen LogP contribution >= 0.6 is 11.6 Å². The molecule has 0 saturated carbocycles. The summed E-state index contributed by atoms with van der Waals surface area (Å²) in [7, 11) is 0. The third-order valence-corrected chi connectivity index (χ3v) is 3.15. The Balaban J connectivity index is 1.98. The normalized spacial score (nSPS) is 9.95. The van der Waals surface area contributed by atoms with Gasteiger partial charge < -0.3 is 16.0 Å². The summed E-state index contributed by atoms with van der Waals surface area (Å²) in [5, 5.41) is 8.51. The molecule has 0 aliphatic heterocycles. The Bertz CT molecular complexity index is 699. The number of carbonyl (C=O) groups excluding carboxylic acids is 2. The molecule has 2 rings (SSSR count). The molecule has 0 aliphatic rings. The summed E-state index contributed by atoms with van der Waals surface area (Å²) in [5.74, 6) is -0.146. The van der Waals surface area contributed by atoms with Crippen molar-refractivity contribution < 1.29 is 9.59 Å². The Hall–Kier alpha value is -2.53. The van der Waals surface area contributed by atoms with Crippen molar-refractivity contribution in [1.29, 1.82) is 0 Å². The highest BCUT2D eigenvalue weighted by atomic mass is 35.5. The van der Waals surface area contributed by atoms with Crippen molar-refractivity contribution in [3.05, 3.63) is 53.1 Å².